The zero-order valence-corrected chi connectivity index (χ0v) is 16.1. The lowest BCUT2D eigenvalue weighted by Gasteiger charge is -2.27. The first-order chi connectivity index (χ1) is 14.8. The summed E-state index contributed by atoms with van der Waals surface area (Å²) >= 11 is 0. The monoisotopic (exact) mass is 436 g/mol. The van der Waals surface area contributed by atoms with E-state index in [9.17, 15) is 26.7 Å². The molecule has 1 atom stereocenters. The van der Waals surface area contributed by atoms with Gasteiger partial charge in [0, 0.05) is 17.7 Å². The first-order valence-electron chi connectivity index (χ1n) is 9.63. The Labute approximate surface area is 174 Å². The van der Waals surface area contributed by atoms with E-state index in [0.717, 1.165) is 35.3 Å². The van der Waals surface area contributed by atoms with Crippen molar-refractivity contribution in [3.63, 3.8) is 0 Å². The molecule has 2 heterocycles. The molecule has 3 aromatic rings. The van der Waals surface area contributed by atoms with Gasteiger partial charge < -0.3 is 4.74 Å². The molecule has 0 amide bonds. The second kappa shape index (κ2) is 8.22. The van der Waals surface area contributed by atoms with Crippen LogP contribution in [0.4, 0.5) is 22.0 Å². The van der Waals surface area contributed by atoms with Crippen LogP contribution in [-0.2, 0) is 4.74 Å². The fourth-order valence-corrected chi connectivity index (χ4v) is 3.62. The standard InChI is InChI=1S/C22H17F5N2O2/c23-15-8-4-13(5-9-15)18-19(14-6-10-16(24)11-7-14)29(17-3-1-2-12-31-17)21(28-18)20(30)22(25,26)27/h4-11,17H,1-3,12H2. The van der Waals surface area contributed by atoms with Crippen molar-refractivity contribution >= 4 is 5.78 Å². The van der Waals surface area contributed by atoms with Crippen LogP contribution in [0.3, 0.4) is 0 Å². The highest BCUT2D eigenvalue weighted by molar-refractivity contribution is 5.99. The number of ketones is 1. The summed E-state index contributed by atoms with van der Waals surface area (Å²) in [5.41, 5.74) is 0.884. The Morgan fingerprint density at radius 1 is 0.935 bits per heavy atom. The van der Waals surface area contributed by atoms with Crippen LogP contribution < -0.4 is 0 Å². The van der Waals surface area contributed by atoms with E-state index in [-0.39, 0.29) is 11.4 Å². The summed E-state index contributed by atoms with van der Waals surface area (Å²) in [4.78, 5) is 16.3. The summed E-state index contributed by atoms with van der Waals surface area (Å²) in [5, 5.41) is 0. The third kappa shape index (κ3) is 4.23. The molecule has 162 valence electrons. The average Bonchev–Trinajstić information content (AvgIpc) is 3.14. The number of carbonyl (C=O) groups excluding carboxylic acids is 1. The summed E-state index contributed by atoms with van der Waals surface area (Å²) in [6.07, 6.45) is -4.19. The fraction of sp³-hybridized carbons (Fsp3) is 0.273. The van der Waals surface area contributed by atoms with Gasteiger partial charge in [-0.3, -0.25) is 9.36 Å². The van der Waals surface area contributed by atoms with Crippen molar-refractivity contribution in [1.82, 2.24) is 9.55 Å². The number of imidazole rings is 1. The molecule has 0 aliphatic carbocycles. The van der Waals surface area contributed by atoms with Crippen molar-refractivity contribution in [3.8, 4) is 22.5 Å². The van der Waals surface area contributed by atoms with Gasteiger partial charge in [0.2, 0.25) is 0 Å². The Hall–Kier alpha value is -3.07. The van der Waals surface area contributed by atoms with Crippen LogP contribution in [0, 0.1) is 11.6 Å². The van der Waals surface area contributed by atoms with Gasteiger partial charge in [-0.1, -0.05) is 0 Å². The van der Waals surface area contributed by atoms with E-state index in [2.05, 4.69) is 4.98 Å². The van der Waals surface area contributed by atoms with Crippen LogP contribution in [0.5, 0.6) is 0 Å². The zero-order valence-electron chi connectivity index (χ0n) is 16.1. The number of aromatic nitrogens is 2. The first-order valence-corrected chi connectivity index (χ1v) is 9.63. The second-order valence-electron chi connectivity index (χ2n) is 7.16. The molecule has 0 bridgehead atoms. The number of halogens is 5. The van der Waals surface area contributed by atoms with Crippen molar-refractivity contribution in [2.45, 2.75) is 31.7 Å². The van der Waals surface area contributed by atoms with Gasteiger partial charge in [0.15, 0.2) is 5.82 Å². The van der Waals surface area contributed by atoms with Crippen LogP contribution in [-0.4, -0.2) is 28.1 Å². The molecule has 1 aliphatic heterocycles. The number of benzene rings is 2. The molecule has 4 nitrogen and oxygen atoms in total. The zero-order chi connectivity index (χ0) is 22.2. The van der Waals surface area contributed by atoms with Crippen molar-refractivity contribution in [2.24, 2.45) is 0 Å². The molecule has 2 aromatic carbocycles. The summed E-state index contributed by atoms with van der Waals surface area (Å²) in [6.45, 7) is 0.317. The minimum absolute atomic E-state index is 0.0494. The van der Waals surface area contributed by atoms with Crippen molar-refractivity contribution in [1.29, 1.82) is 0 Å². The Kier molecular flexibility index (Phi) is 5.62. The van der Waals surface area contributed by atoms with E-state index in [1.807, 2.05) is 0 Å². The summed E-state index contributed by atoms with van der Waals surface area (Å²) < 4.78 is 74.0. The molecule has 31 heavy (non-hydrogen) atoms. The third-order valence-electron chi connectivity index (χ3n) is 5.05. The minimum Gasteiger partial charge on any atom is -0.358 e. The number of nitrogens with zero attached hydrogens (tertiary/aromatic N) is 2. The second-order valence-corrected chi connectivity index (χ2v) is 7.16. The molecular formula is C22H17F5N2O2. The van der Waals surface area contributed by atoms with Gasteiger partial charge >= 0.3 is 12.0 Å². The minimum atomic E-state index is -5.15. The van der Waals surface area contributed by atoms with Gasteiger partial charge in [0.25, 0.3) is 0 Å². The molecule has 1 aliphatic rings. The number of rotatable bonds is 4. The maximum absolute atomic E-state index is 13.5. The molecule has 1 unspecified atom stereocenters. The van der Waals surface area contributed by atoms with Gasteiger partial charge in [-0.25, -0.2) is 13.8 Å². The smallest absolute Gasteiger partial charge is 0.358 e. The molecular weight excluding hydrogens is 419 g/mol. The molecule has 4 rings (SSSR count). The average molecular weight is 436 g/mol. The highest BCUT2D eigenvalue weighted by Crippen LogP contribution is 2.39. The van der Waals surface area contributed by atoms with E-state index in [4.69, 9.17) is 4.74 Å². The fourth-order valence-electron chi connectivity index (χ4n) is 3.62. The SMILES string of the molecule is O=C(c1nc(-c2ccc(F)cc2)c(-c2ccc(F)cc2)n1C1CCCCO1)C(F)(F)F. The predicted molar refractivity (Wildman–Crippen MR) is 102 cm³/mol. The molecule has 1 saturated heterocycles. The lowest BCUT2D eigenvalue weighted by atomic mass is 10.0. The number of hydrogen-bond donors (Lipinski definition) is 0. The van der Waals surface area contributed by atoms with Gasteiger partial charge in [0.1, 0.15) is 17.9 Å². The molecule has 1 aromatic heterocycles. The Balaban J connectivity index is 2.01. The van der Waals surface area contributed by atoms with E-state index >= 15 is 0 Å². The maximum atomic E-state index is 13.5. The molecule has 0 radical (unpaired) electrons. The number of carbonyl (C=O) groups is 1. The molecule has 0 spiro atoms. The van der Waals surface area contributed by atoms with Crippen LogP contribution in [0.25, 0.3) is 22.5 Å². The van der Waals surface area contributed by atoms with E-state index < -0.39 is 35.6 Å². The van der Waals surface area contributed by atoms with Crippen molar-refractivity contribution < 1.29 is 31.5 Å². The topological polar surface area (TPSA) is 44.1 Å². The lowest BCUT2D eigenvalue weighted by molar-refractivity contribution is -0.0907. The Morgan fingerprint density at radius 3 is 2.03 bits per heavy atom. The van der Waals surface area contributed by atoms with E-state index in [0.29, 0.717) is 30.6 Å². The molecule has 0 N–H and O–H groups in total. The summed E-state index contributed by atoms with van der Waals surface area (Å²) in [6, 6.07) is 10.1. The molecule has 9 heteroatoms. The molecule has 0 saturated carbocycles. The van der Waals surface area contributed by atoms with Crippen LogP contribution in [0.15, 0.2) is 48.5 Å². The molecule has 1 fully saturated rings. The van der Waals surface area contributed by atoms with Crippen LogP contribution in [0.1, 0.15) is 36.1 Å². The Bertz CT molecular complexity index is 1080. The van der Waals surface area contributed by atoms with Gasteiger partial charge in [-0.2, -0.15) is 13.2 Å². The predicted octanol–water partition coefficient (Wildman–Crippen LogP) is 5.94. The third-order valence-corrected chi connectivity index (χ3v) is 5.05. The highest BCUT2D eigenvalue weighted by atomic mass is 19.4. The van der Waals surface area contributed by atoms with E-state index in [1.54, 1.807) is 0 Å². The number of ether oxygens (including phenoxy) is 1. The number of hydrogen-bond acceptors (Lipinski definition) is 3. The normalized spacial score (nSPS) is 17.0. The number of Topliss-reactive ketones (excluding diaryl/α,β-unsaturated/α-hetero) is 1. The largest absolute Gasteiger partial charge is 0.458 e. The lowest BCUT2D eigenvalue weighted by Crippen LogP contribution is -2.29. The summed E-state index contributed by atoms with van der Waals surface area (Å²) in [5.74, 6) is -4.00. The van der Waals surface area contributed by atoms with Crippen molar-refractivity contribution in [2.75, 3.05) is 6.61 Å². The first kappa shape index (κ1) is 21.2. The van der Waals surface area contributed by atoms with Crippen molar-refractivity contribution in [3.05, 3.63) is 66.0 Å². The number of alkyl halides is 3. The maximum Gasteiger partial charge on any atom is 0.458 e. The van der Waals surface area contributed by atoms with Gasteiger partial charge in [-0.15, -0.1) is 0 Å². The van der Waals surface area contributed by atoms with Gasteiger partial charge in [0.05, 0.1) is 11.4 Å². The Morgan fingerprint density at radius 2 is 1.52 bits per heavy atom. The van der Waals surface area contributed by atoms with Crippen LogP contribution >= 0.6 is 0 Å². The van der Waals surface area contributed by atoms with E-state index in [1.165, 1.54) is 24.3 Å². The quantitative estimate of drug-likeness (QED) is 0.376. The van der Waals surface area contributed by atoms with Gasteiger partial charge in [-0.05, 0) is 67.8 Å². The summed E-state index contributed by atoms with van der Waals surface area (Å²) in [7, 11) is 0. The highest BCUT2D eigenvalue weighted by Gasteiger charge is 2.44. The van der Waals surface area contributed by atoms with Crippen LogP contribution in [0.2, 0.25) is 0 Å².